The molecule has 0 saturated carbocycles. The van der Waals surface area contributed by atoms with Crippen LogP contribution < -0.4 is 0 Å². The van der Waals surface area contributed by atoms with E-state index >= 15 is 0 Å². The van der Waals surface area contributed by atoms with Gasteiger partial charge in [0.05, 0.1) is 19.2 Å². The number of hydrogen-bond acceptors (Lipinski definition) is 4. The average Bonchev–Trinajstić information content (AvgIpc) is 3.03. The number of methoxy groups -OCH3 is 1. The number of urea groups is 1. The first-order valence-electron chi connectivity index (χ1n) is 8.81. The fourth-order valence-electron chi connectivity index (χ4n) is 3.58. The van der Waals surface area contributed by atoms with Crippen LogP contribution >= 0.6 is 0 Å². The van der Waals surface area contributed by atoms with Gasteiger partial charge in [-0.05, 0) is 25.0 Å². The molecule has 1 N–H and O–H groups in total. The van der Waals surface area contributed by atoms with Gasteiger partial charge in [-0.3, -0.25) is 0 Å². The molecule has 1 aromatic rings. The van der Waals surface area contributed by atoms with Crippen LogP contribution in [0.4, 0.5) is 14.0 Å². The molecule has 146 valence electrons. The summed E-state index contributed by atoms with van der Waals surface area (Å²) < 4.78 is 18.8. The van der Waals surface area contributed by atoms with Crippen molar-refractivity contribution in [2.45, 2.75) is 25.4 Å². The Hall–Kier alpha value is -2.84. The Morgan fingerprint density at radius 3 is 2.52 bits per heavy atom. The summed E-state index contributed by atoms with van der Waals surface area (Å²) in [4.78, 5) is 39.8. The maximum Gasteiger partial charge on any atom is 0.407 e. The van der Waals surface area contributed by atoms with Crippen molar-refractivity contribution in [3.05, 3.63) is 35.1 Å². The Morgan fingerprint density at radius 1 is 1.22 bits per heavy atom. The Balaban J connectivity index is 1.61. The van der Waals surface area contributed by atoms with Crippen LogP contribution in [-0.2, 0) is 11.3 Å². The number of benzene rings is 1. The molecule has 8 nitrogen and oxygen atoms in total. The third-order valence-corrected chi connectivity index (χ3v) is 5.14. The maximum atomic E-state index is 14.3. The molecule has 0 unspecified atom stereocenters. The highest BCUT2D eigenvalue weighted by atomic mass is 19.1. The lowest BCUT2D eigenvalue weighted by atomic mass is 10.0. The number of halogens is 1. The quantitative estimate of drug-likeness (QED) is 0.808. The molecule has 0 aromatic heterocycles. The Bertz CT molecular complexity index is 749. The van der Waals surface area contributed by atoms with E-state index in [4.69, 9.17) is 5.11 Å². The molecule has 2 aliphatic rings. The van der Waals surface area contributed by atoms with Crippen molar-refractivity contribution in [1.82, 2.24) is 14.7 Å². The number of ether oxygens (including phenoxy) is 1. The van der Waals surface area contributed by atoms with Crippen LogP contribution in [-0.4, -0.2) is 77.2 Å². The van der Waals surface area contributed by atoms with Gasteiger partial charge in [0, 0.05) is 37.8 Å². The van der Waals surface area contributed by atoms with E-state index in [1.54, 1.807) is 9.80 Å². The number of amides is 3. The number of likely N-dealkylation sites (tertiary alicyclic amines) is 1. The zero-order valence-electron chi connectivity index (χ0n) is 15.1. The van der Waals surface area contributed by atoms with Gasteiger partial charge in [-0.25, -0.2) is 18.8 Å². The number of esters is 1. The predicted molar refractivity (Wildman–Crippen MR) is 92.9 cm³/mol. The van der Waals surface area contributed by atoms with Crippen LogP contribution in [0.25, 0.3) is 0 Å². The largest absolute Gasteiger partial charge is 0.465 e. The normalized spacial score (nSPS) is 18.1. The molecular weight excluding hydrogens is 357 g/mol. The van der Waals surface area contributed by atoms with Gasteiger partial charge in [-0.15, -0.1) is 0 Å². The molecule has 2 heterocycles. The van der Waals surface area contributed by atoms with Gasteiger partial charge in [0.25, 0.3) is 0 Å². The van der Waals surface area contributed by atoms with E-state index < -0.39 is 17.9 Å². The van der Waals surface area contributed by atoms with Gasteiger partial charge in [0.1, 0.15) is 5.82 Å². The Kier molecular flexibility index (Phi) is 5.48. The van der Waals surface area contributed by atoms with Crippen molar-refractivity contribution in [1.29, 1.82) is 0 Å². The van der Waals surface area contributed by atoms with Gasteiger partial charge in [0.2, 0.25) is 0 Å². The van der Waals surface area contributed by atoms with Gasteiger partial charge >= 0.3 is 18.1 Å². The Labute approximate surface area is 156 Å². The molecule has 2 fully saturated rings. The number of carbonyl (C=O) groups excluding carboxylic acids is 2. The molecule has 3 amide bonds. The first-order chi connectivity index (χ1) is 12.9. The lowest BCUT2D eigenvalue weighted by Crippen LogP contribution is -2.47. The van der Waals surface area contributed by atoms with Crippen molar-refractivity contribution in [2.75, 3.05) is 33.3 Å². The molecule has 0 aliphatic carbocycles. The topological polar surface area (TPSA) is 90.4 Å². The van der Waals surface area contributed by atoms with E-state index in [9.17, 15) is 18.8 Å². The second-order valence-corrected chi connectivity index (χ2v) is 6.70. The van der Waals surface area contributed by atoms with Crippen molar-refractivity contribution >= 4 is 18.1 Å². The molecule has 0 radical (unpaired) electrons. The first kappa shape index (κ1) is 18.9. The highest BCUT2D eigenvalue weighted by Gasteiger charge is 2.36. The van der Waals surface area contributed by atoms with Gasteiger partial charge in [-0.1, -0.05) is 6.07 Å². The zero-order chi connectivity index (χ0) is 19.6. The van der Waals surface area contributed by atoms with Crippen molar-refractivity contribution < 1.29 is 28.6 Å². The molecule has 1 aromatic carbocycles. The molecule has 2 aliphatic heterocycles. The van der Waals surface area contributed by atoms with E-state index in [2.05, 4.69) is 4.74 Å². The maximum absolute atomic E-state index is 14.3. The van der Waals surface area contributed by atoms with Crippen LogP contribution in [0.5, 0.6) is 0 Å². The summed E-state index contributed by atoms with van der Waals surface area (Å²) in [6.07, 6.45) is 0.274. The third kappa shape index (κ3) is 3.96. The fourth-order valence-corrected chi connectivity index (χ4v) is 3.58. The molecular formula is C18H22FN3O5. The standard InChI is InChI=1S/C18H22FN3O5/c1-27-16(23)12-2-3-13(15(19)10-12)11-21-8-9-22(17(21)24)14-4-6-20(7-5-14)18(25)26/h2-3,10,14H,4-9,11H2,1H3,(H,25,26). The monoisotopic (exact) mass is 379 g/mol. The highest BCUT2D eigenvalue weighted by molar-refractivity contribution is 5.89. The van der Waals surface area contributed by atoms with Gasteiger partial charge in [0.15, 0.2) is 0 Å². The minimum Gasteiger partial charge on any atom is -0.465 e. The average molecular weight is 379 g/mol. The summed E-state index contributed by atoms with van der Waals surface area (Å²) in [5.41, 5.74) is 0.455. The molecule has 27 heavy (non-hydrogen) atoms. The third-order valence-electron chi connectivity index (χ3n) is 5.14. The lowest BCUT2D eigenvalue weighted by molar-refractivity contribution is 0.0600. The van der Waals surface area contributed by atoms with E-state index in [0.29, 0.717) is 44.6 Å². The van der Waals surface area contributed by atoms with Crippen molar-refractivity contribution in [2.24, 2.45) is 0 Å². The zero-order valence-corrected chi connectivity index (χ0v) is 15.1. The van der Waals surface area contributed by atoms with Crippen LogP contribution in [0.2, 0.25) is 0 Å². The number of piperidine rings is 1. The number of rotatable bonds is 4. The van der Waals surface area contributed by atoms with E-state index in [-0.39, 0.29) is 24.2 Å². The molecule has 3 rings (SSSR count). The summed E-state index contributed by atoms with van der Waals surface area (Å²) in [5.74, 6) is -1.17. The van der Waals surface area contributed by atoms with Crippen LogP contribution in [0, 0.1) is 5.82 Å². The van der Waals surface area contributed by atoms with Gasteiger partial charge < -0.3 is 24.5 Å². The smallest absolute Gasteiger partial charge is 0.407 e. The lowest BCUT2D eigenvalue weighted by Gasteiger charge is -2.35. The predicted octanol–water partition coefficient (Wildman–Crippen LogP) is 1.99. The SMILES string of the molecule is COC(=O)c1ccc(CN2CCN(C3CCN(C(=O)O)CC3)C2=O)c(F)c1. The van der Waals surface area contributed by atoms with E-state index in [1.807, 2.05) is 0 Å². The first-order valence-corrected chi connectivity index (χ1v) is 8.81. The minimum atomic E-state index is -0.936. The summed E-state index contributed by atoms with van der Waals surface area (Å²) in [5, 5.41) is 9.02. The van der Waals surface area contributed by atoms with Crippen molar-refractivity contribution in [3.8, 4) is 0 Å². The van der Waals surface area contributed by atoms with E-state index in [1.165, 1.54) is 24.1 Å². The number of carboxylic acid groups (broad SMARTS) is 1. The molecule has 9 heteroatoms. The van der Waals surface area contributed by atoms with Crippen LogP contribution in [0.1, 0.15) is 28.8 Å². The van der Waals surface area contributed by atoms with E-state index in [0.717, 1.165) is 6.07 Å². The summed E-state index contributed by atoms with van der Waals surface area (Å²) in [6, 6.07) is 3.92. The van der Waals surface area contributed by atoms with Gasteiger partial charge in [-0.2, -0.15) is 0 Å². The summed E-state index contributed by atoms with van der Waals surface area (Å²) >= 11 is 0. The molecule has 0 spiro atoms. The summed E-state index contributed by atoms with van der Waals surface area (Å²) in [7, 11) is 1.23. The second-order valence-electron chi connectivity index (χ2n) is 6.70. The molecule has 0 bridgehead atoms. The number of hydrogen-bond donors (Lipinski definition) is 1. The van der Waals surface area contributed by atoms with Crippen LogP contribution in [0.3, 0.4) is 0 Å². The Morgan fingerprint density at radius 2 is 1.93 bits per heavy atom. The van der Waals surface area contributed by atoms with Crippen LogP contribution in [0.15, 0.2) is 18.2 Å². The number of carbonyl (C=O) groups is 3. The summed E-state index contributed by atoms with van der Waals surface area (Å²) in [6.45, 7) is 1.96. The number of nitrogens with zero attached hydrogens (tertiary/aromatic N) is 3. The fraction of sp³-hybridized carbons (Fsp3) is 0.500. The molecule has 2 saturated heterocycles. The highest BCUT2D eigenvalue weighted by Crippen LogP contribution is 2.23. The van der Waals surface area contributed by atoms with Crippen molar-refractivity contribution in [3.63, 3.8) is 0 Å². The minimum absolute atomic E-state index is 0.00430. The second kappa shape index (κ2) is 7.81. The molecule has 0 atom stereocenters.